The first-order valence-electron chi connectivity index (χ1n) is 4.72. The molecule has 2 rings (SSSR count). The number of alkyl halides is 1. The molecule has 4 heteroatoms. The lowest BCUT2D eigenvalue weighted by Gasteiger charge is -2.10. The summed E-state index contributed by atoms with van der Waals surface area (Å²) in [5.74, 6) is -0.535. The maximum absolute atomic E-state index is 13.6. The Morgan fingerprint density at radius 2 is 2.00 bits per heavy atom. The number of hydrogen-bond acceptors (Lipinski definition) is 1. The van der Waals surface area contributed by atoms with Crippen LogP contribution in [-0.2, 0) is 0 Å². The molecular weight excluding hydrogens is 278 g/mol. The summed E-state index contributed by atoms with van der Waals surface area (Å²) in [6.07, 6.45) is 1.51. The lowest BCUT2D eigenvalue weighted by Crippen LogP contribution is -1.98. The van der Waals surface area contributed by atoms with E-state index in [9.17, 15) is 8.78 Å². The lowest BCUT2D eigenvalue weighted by molar-refractivity contribution is 0.510. The minimum absolute atomic E-state index is 0.369. The molecule has 0 saturated heterocycles. The molecule has 1 nitrogen and oxygen atoms in total. The Bertz CT molecular complexity index is 494. The summed E-state index contributed by atoms with van der Waals surface area (Å²) >= 11 is 3.33. The number of rotatable bonds is 2. The third-order valence-electron chi connectivity index (χ3n) is 2.34. The van der Waals surface area contributed by atoms with Crippen molar-refractivity contribution in [1.29, 1.82) is 0 Å². The van der Waals surface area contributed by atoms with Gasteiger partial charge in [0.2, 0.25) is 0 Å². The molecule has 0 aliphatic carbocycles. The molecule has 1 aromatic carbocycles. The summed E-state index contributed by atoms with van der Waals surface area (Å²) in [7, 11) is 0. The van der Waals surface area contributed by atoms with Crippen molar-refractivity contribution in [3.63, 3.8) is 0 Å². The molecule has 0 saturated carbocycles. The molecule has 0 spiro atoms. The molecule has 0 N–H and O–H groups in total. The zero-order chi connectivity index (χ0) is 11.7. The summed E-state index contributed by atoms with van der Waals surface area (Å²) in [5.41, 5.74) is 0.779. The van der Waals surface area contributed by atoms with Crippen molar-refractivity contribution in [2.24, 2.45) is 0 Å². The normalized spacial score (nSPS) is 12.8. The van der Waals surface area contributed by atoms with Gasteiger partial charge in [-0.3, -0.25) is 0 Å². The first-order valence-corrected chi connectivity index (χ1v) is 5.64. The second kappa shape index (κ2) is 4.37. The fraction of sp³-hybridized carbons (Fsp3) is 0.167. The van der Waals surface area contributed by atoms with E-state index in [-0.39, 0.29) is 0 Å². The van der Waals surface area contributed by atoms with E-state index in [1.165, 1.54) is 12.3 Å². The van der Waals surface area contributed by atoms with Gasteiger partial charge in [0.05, 0.1) is 6.26 Å². The molecule has 1 aromatic heterocycles. The van der Waals surface area contributed by atoms with Crippen LogP contribution < -0.4 is 0 Å². The smallest absolute Gasteiger partial charge is 0.130 e. The van der Waals surface area contributed by atoms with Crippen LogP contribution in [0.5, 0.6) is 0 Å². The zero-order valence-electron chi connectivity index (χ0n) is 8.51. The fourth-order valence-corrected chi connectivity index (χ4v) is 2.07. The van der Waals surface area contributed by atoms with Gasteiger partial charge in [-0.15, -0.1) is 0 Å². The van der Waals surface area contributed by atoms with Crippen LogP contribution in [0.2, 0.25) is 0 Å². The Morgan fingerprint density at radius 1 is 1.25 bits per heavy atom. The highest BCUT2D eigenvalue weighted by Gasteiger charge is 2.18. The van der Waals surface area contributed by atoms with Gasteiger partial charge in [-0.25, -0.2) is 8.78 Å². The van der Waals surface area contributed by atoms with Crippen molar-refractivity contribution in [3.05, 3.63) is 59.1 Å². The Labute approximate surface area is 100 Å². The monoisotopic (exact) mass is 286 g/mol. The molecule has 16 heavy (non-hydrogen) atoms. The number of halogens is 3. The average molecular weight is 287 g/mol. The van der Waals surface area contributed by atoms with Crippen molar-refractivity contribution < 1.29 is 13.2 Å². The summed E-state index contributed by atoms with van der Waals surface area (Å²) in [6.45, 7) is 1.60. The molecular formula is C12H9BrF2O. The van der Waals surface area contributed by atoms with Crippen LogP contribution in [-0.4, -0.2) is 0 Å². The molecule has 1 atom stereocenters. The zero-order valence-corrected chi connectivity index (χ0v) is 10.1. The van der Waals surface area contributed by atoms with Crippen LogP contribution in [0, 0.1) is 18.6 Å². The highest BCUT2D eigenvalue weighted by atomic mass is 79.9. The second-order valence-electron chi connectivity index (χ2n) is 3.50. The van der Waals surface area contributed by atoms with E-state index in [0.717, 1.165) is 6.07 Å². The number of aryl methyl sites for hydroxylation is 1. The van der Waals surface area contributed by atoms with Gasteiger partial charge in [0.1, 0.15) is 22.2 Å². The molecule has 0 aliphatic heterocycles. The van der Waals surface area contributed by atoms with Gasteiger partial charge in [0.25, 0.3) is 0 Å². The van der Waals surface area contributed by atoms with Crippen LogP contribution in [0.1, 0.15) is 21.7 Å². The second-order valence-corrected chi connectivity index (χ2v) is 4.42. The van der Waals surface area contributed by atoms with Gasteiger partial charge in [-0.1, -0.05) is 15.9 Å². The fourth-order valence-electron chi connectivity index (χ4n) is 1.46. The molecule has 84 valence electrons. The minimum Gasteiger partial charge on any atom is -0.468 e. The topological polar surface area (TPSA) is 13.1 Å². The predicted molar refractivity (Wildman–Crippen MR) is 60.6 cm³/mol. The summed E-state index contributed by atoms with van der Waals surface area (Å²) < 4.78 is 31.8. The first-order chi connectivity index (χ1) is 7.59. The maximum Gasteiger partial charge on any atom is 0.130 e. The lowest BCUT2D eigenvalue weighted by atomic mass is 10.1. The molecule has 0 amide bonds. The largest absolute Gasteiger partial charge is 0.468 e. The van der Waals surface area contributed by atoms with Crippen LogP contribution in [0.25, 0.3) is 0 Å². The first kappa shape index (κ1) is 11.3. The molecule has 0 bridgehead atoms. The SMILES string of the molecule is Cc1cc(C(Br)c2ccco2)c(F)cc1F. The van der Waals surface area contributed by atoms with Crippen LogP contribution in [0.3, 0.4) is 0 Å². The van der Waals surface area contributed by atoms with Crippen molar-refractivity contribution in [2.45, 2.75) is 11.8 Å². The summed E-state index contributed by atoms with van der Waals surface area (Å²) in [5, 5.41) is 0. The van der Waals surface area contributed by atoms with Gasteiger partial charge in [-0.2, -0.15) is 0 Å². The van der Waals surface area contributed by atoms with Crippen molar-refractivity contribution >= 4 is 15.9 Å². The molecule has 2 aromatic rings. The van der Waals surface area contributed by atoms with Gasteiger partial charge in [0.15, 0.2) is 0 Å². The highest BCUT2D eigenvalue weighted by molar-refractivity contribution is 9.09. The van der Waals surface area contributed by atoms with Crippen molar-refractivity contribution in [2.75, 3.05) is 0 Å². The Balaban J connectivity index is 2.44. The van der Waals surface area contributed by atoms with Crippen molar-refractivity contribution in [3.8, 4) is 0 Å². The molecule has 1 unspecified atom stereocenters. The third-order valence-corrected chi connectivity index (χ3v) is 3.29. The van der Waals surface area contributed by atoms with Gasteiger partial charge >= 0.3 is 0 Å². The number of benzene rings is 1. The molecule has 0 radical (unpaired) electrons. The number of furan rings is 1. The summed E-state index contributed by atoms with van der Waals surface area (Å²) in [6, 6.07) is 5.82. The average Bonchev–Trinajstić information content (AvgIpc) is 2.75. The van der Waals surface area contributed by atoms with E-state index >= 15 is 0 Å². The molecule has 0 fully saturated rings. The van der Waals surface area contributed by atoms with E-state index < -0.39 is 16.5 Å². The van der Waals surface area contributed by atoms with Crippen LogP contribution >= 0.6 is 15.9 Å². The van der Waals surface area contributed by atoms with Crippen LogP contribution in [0.4, 0.5) is 8.78 Å². The Morgan fingerprint density at radius 3 is 2.62 bits per heavy atom. The highest BCUT2D eigenvalue weighted by Crippen LogP contribution is 2.33. The number of hydrogen-bond donors (Lipinski definition) is 0. The van der Waals surface area contributed by atoms with Crippen LogP contribution in [0.15, 0.2) is 34.9 Å². The van der Waals surface area contributed by atoms with E-state index in [4.69, 9.17) is 4.42 Å². The minimum atomic E-state index is -0.582. The standard InChI is InChI=1S/C12H9BrF2O/c1-7-5-8(10(15)6-9(7)14)12(13)11-3-2-4-16-11/h2-6,12H,1H3. The Hall–Kier alpha value is -1.16. The predicted octanol–water partition coefficient (Wildman–Crippen LogP) is 4.35. The Kier molecular flexibility index (Phi) is 3.10. The maximum atomic E-state index is 13.6. The summed E-state index contributed by atoms with van der Waals surface area (Å²) in [4.78, 5) is -0.401. The molecule has 0 aliphatic rings. The van der Waals surface area contributed by atoms with Gasteiger partial charge in [-0.05, 0) is 30.7 Å². The van der Waals surface area contributed by atoms with E-state index in [2.05, 4.69) is 15.9 Å². The van der Waals surface area contributed by atoms with E-state index in [1.807, 2.05) is 0 Å². The van der Waals surface area contributed by atoms with Crippen molar-refractivity contribution in [1.82, 2.24) is 0 Å². The quantitative estimate of drug-likeness (QED) is 0.748. The van der Waals surface area contributed by atoms with E-state index in [1.54, 1.807) is 19.1 Å². The van der Waals surface area contributed by atoms with Gasteiger partial charge < -0.3 is 4.42 Å². The third kappa shape index (κ3) is 2.02. The molecule has 1 heterocycles. The van der Waals surface area contributed by atoms with Gasteiger partial charge in [0, 0.05) is 11.6 Å². The van der Waals surface area contributed by atoms with E-state index in [0.29, 0.717) is 16.9 Å².